The summed E-state index contributed by atoms with van der Waals surface area (Å²) in [5.41, 5.74) is -0.429. The Balaban J connectivity index is 1.89. The maximum absolute atomic E-state index is 15.1. The van der Waals surface area contributed by atoms with E-state index in [-0.39, 0.29) is 51.5 Å². The molecule has 0 bridgehead atoms. The van der Waals surface area contributed by atoms with E-state index in [2.05, 4.69) is 10.6 Å². The number of nitrogens with one attached hydrogen (secondary N) is 2. The van der Waals surface area contributed by atoms with Crippen LogP contribution in [0.25, 0.3) is 0 Å². The highest BCUT2D eigenvalue weighted by atomic mass is 35.5. The number of halogens is 3. The van der Waals surface area contributed by atoms with Crippen molar-refractivity contribution in [1.29, 1.82) is 0 Å². The van der Waals surface area contributed by atoms with Crippen LogP contribution in [0.1, 0.15) is 43.5 Å². The molecule has 168 valence electrons. The van der Waals surface area contributed by atoms with Gasteiger partial charge in [-0.25, -0.2) is 9.18 Å². The summed E-state index contributed by atoms with van der Waals surface area (Å²) in [6.45, 7) is 3.94. The maximum atomic E-state index is 15.1. The van der Waals surface area contributed by atoms with Crippen molar-refractivity contribution >= 4 is 46.5 Å². The Morgan fingerprint density at radius 1 is 1.23 bits per heavy atom. The third kappa shape index (κ3) is 5.49. The molecule has 1 aromatic carbocycles. The molecule has 2 fully saturated rings. The van der Waals surface area contributed by atoms with Crippen LogP contribution >= 0.6 is 23.2 Å². The quantitative estimate of drug-likeness (QED) is 0.151. The van der Waals surface area contributed by atoms with Crippen LogP contribution in [0.2, 0.25) is 10.0 Å². The molecule has 1 aromatic rings. The van der Waals surface area contributed by atoms with Gasteiger partial charge in [-0.2, -0.15) is 0 Å². The number of amides is 1. The van der Waals surface area contributed by atoms with Crippen LogP contribution in [-0.2, 0) is 14.3 Å². The minimum Gasteiger partial charge on any atom is -0.462 e. The van der Waals surface area contributed by atoms with Crippen molar-refractivity contribution in [2.75, 3.05) is 24.6 Å². The standard InChI is InChI=1S/C21H24Cl2FN3O4/c1-3-31-21(30)15(9-25-12-4-5-12)20(29)14-8-16(24)19(18(23)17(14)22)27-7-6-13(10-27)26-11(2)28/h8-9,12-13,25H,3-7,10H2,1-2H3,(H,26,28)/b15-9-. The Morgan fingerprint density at radius 2 is 1.94 bits per heavy atom. The molecule has 1 saturated carbocycles. The molecule has 0 aromatic heterocycles. The number of hydrogen-bond donors (Lipinski definition) is 2. The molecule has 1 heterocycles. The van der Waals surface area contributed by atoms with Gasteiger partial charge in [-0.3, -0.25) is 9.59 Å². The summed E-state index contributed by atoms with van der Waals surface area (Å²) >= 11 is 12.7. The summed E-state index contributed by atoms with van der Waals surface area (Å²) in [5.74, 6) is -2.51. The number of carbonyl (C=O) groups excluding carboxylic acids is 3. The van der Waals surface area contributed by atoms with Gasteiger partial charge in [0.15, 0.2) is 0 Å². The van der Waals surface area contributed by atoms with Crippen molar-refractivity contribution in [3.8, 4) is 0 Å². The highest BCUT2D eigenvalue weighted by Crippen LogP contribution is 2.40. The van der Waals surface area contributed by atoms with Crippen molar-refractivity contribution in [2.24, 2.45) is 0 Å². The summed E-state index contributed by atoms with van der Waals surface area (Å²) in [5, 5.41) is 5.50. The number of ether oxygens (including phenoxy) is 1. The number of carbonyl (C=O) groups is 3. The van der Waals surface area contributed by atoms with E-state index in [0.29, 0.717) is 19.5 Å². The van der Waals surface area contributed by atoms with E-state index in [1.807, 2.05) is 0 Å². The van der Waals surface area contributed by atoms with Gasteiger partial charge in [-0.15, -0.1) is 0 Å². The minimum absolute atomic E-state index is 0.0637. The van der Waals surface area contributed by atoms with Crippen LogP contribution in [0.5, 0.6) is 0 Å². The zero-order chi connectivity index (χ0) is 22.7. The van der Waals surface area contributed by atoms with Gasteiger partial charge >= 0.3 is 5.97 Å². The summed E-state index contributed by atoms with van der Waals surface area (Å²) in [7, 11) is 0. The fourth-order valence-corrected chi connectivity index (χ4v) is 3.97. The molecule has 1 aliphatic heterocycles. The molecule has 0 spiro atoms. The van der Waals surface area contributed by atoms with Crippen LogP contribution in [0.15, 0.2) is 17.8 Å². The summed E-state index contributed by atoms with van der Waals surface area (Å²) in [6.07, 6.45) is 3.79. The lowest BCUT2D eigenvalue weighted by atomic mass is 10.0. The molecule has 1 atom stereocenters. The van der Waals surface area contributed by atoms with Crippen LogP contribution in [0.3, 0.4) is 0 Å². The molecule has 1 aliphatic carbocycles. The summed E-state index contributed by atoms with van der Waals surface area (Å²) in [4.78, 5) is 38.3. The van der Waals surface area contributed by atoms with E-state index in [9.17, 15) is 14.4 Å². The van der Waals surface area contributed by atoms with Crippen LogP contribution in [0.4, 0.5) is 10.1 Å². The average molecular weight is 472 g/mol. The smallest absolute Gasteiger partial charge is 0.343 e. The Kier molecular flexibility index (Phi) is 7.43. The maximum Gasteiger partial charge on any atom is 0.343 e. The van der Waals surface area contributed by atoms with Gasteiger partial charge in [0, 0.05) is 43.9 Å². The van der Waals surface area contributed by atoms with Gasteiger partial charge in [0.1, 0.15) is 11.4 Å². The largest absolute Gasteiger partial charge is 0.462 e. The Labute approximate surface area is 189 Å². The highest BCUT2D eigenvalue weighted by Gasteiger charge is 2.32. The molecule has 10 heteroatoms. The summed E-state index contributed by atoms with van der Waals surface area (Å²) in [6, 6.07) is 1.05. The first kappa shape index (κ1) is 23.3. The fourth-order valence-electron chi connectivity index (χ4n) is 3.43. The Hall–Kier alpha value is -2.32. The first-order chi connectivity index (χ1) is 14.7. The number of anilines is 1. The second-order valence-corrected chi connectivity index (χ2v) is 8.32. The van der Waals surface area contributed by atoms with Gasteiger partial charge in [0.25, 0.3) is 0 Å². The van der Waals surface area contributed by atoms with E-state index in [0.717, 1.165) is 18.9 Å². The van der Waals surface area contributed by atoms with Crippen LogP contribution in [-0.4, -0.2) is 49.4 Å². The van der Waals surface area contributed by atoms with Crippen molar-refractivity contribution < 1.29 is 23.5 Å². The molecule has 1 saturated heterocycles. The van der Waals surface area contributed by atoms with Crippen LogP contribution in [0, 0.1) is 5.82 Å². The molecule has 1 unspecified atom stereocenters. The monoisotopic (exact) mass is 471 g/mol. The molecule has 31 heavy (non-hydrogen) atoms. The van der Waals surface area contributed by atoms with E-state index in [1.54, 1.807) is 11.8 Å². The minimum atomic E-state index is -0.824. The highest BCUT2D eigenvalue weighted by molar-refractivity contribution is 6.46. The first-order valence-corrected chi connectivity index (χ1v) is 10.9. The molecule has 2 aliphatic rings. The number of benzene rings is 1. The predicted octanol–water partition coefficient (Wildman–Crippen LogP) is 3.23. The Morgan fingerprint density at radius 3 is 2.55 bits per heavy atom. The van der Waals surface area contributed by atoms with Crippen LogP contribution < -0.4 is 15.5 Å². The molecular weight excluding hydrogens is 448 g/mol. The fraction of sp³-hybridized carbons (Fsp3) is 0.476. The van der Waals surface area contributed by atoms with Crippen molar-refractivity contribution in [3.05, 3.63) is 39.3 Å². The van der Waals surface area contributed by atoms with E-state index >= 15 is 4.39 Å². The van der Waals surface area contributed by atoms with Crippen molar-refractivity contribution in [2.45, 2.75) is 45.2 Å². The Bertz CT molecular complexity index is 934. The van der Waals surface area contributed by atoms with Gasteiger partial charge < -0.3 is 20.3 Å². The van der Waals surface area contributed by atoms with Gasteiger partial charge in [0.05, 0.1) is 22.3 Å². The zero-order valence-corrected chi connectivity index (χ0v) is 18.8. The average Bonchev–Trinajstić information content (AvgIpc) is 3.43. The SMILES string of the molecule is CCOC(=O)/C(=C\NC1CC1)C(=O)c1cc(F)c(N2CCC(NC(C)=O)C2)c(Cl)c1Cl. The van der Waals surface area contributed by atoms with E-state index in [1.165, 1.54) is 13.1 Å². The molecule has 7 nitrogen and oxygen atoms in total. The molecule has 2 N–H and O–H groups in total. The lowest BCUT2D eigenvalue weighted by Crippen LogP contribution is -2.35. The number of Topliss-reactive ketones (excluding diaryl/α,β-unsaturated/α-hetero) is 1. The van der Waals surface area contributed by atoms with E-state index in [4.69, 9.17) is 27.9 Å². The number of esters is 1. The summed E-state index contributed by atoms with van der Waals surface area (Å²) < 4.78 is 20.0. The third-order valence-electron chi connectivity index (χ3n) is 5.07. The first-order valence-electron chi connectivity index (χ1n) is 10.1. The predicted molar refractivity (Wildman–Crippen MR) is 116 cm³/mol. The third-order valence-corrected chi connectivity index (χ3v) is 5.93. The van der Waals surface area contributed by atoms with Gasteiger partial charge in [-0.05, 0) is 32.3 Å². The normalized spacial score (nSPS) is 18.7. The number of rotatable bonds is 8. The number of hydrogen-bond acceptors (Lipinski definition) is 6. The van der Waals surface area contributed by atoms with Gasteiger partial charge in [0.2, 0.25) is 11.7 Å². The number of nitrogens with zero attached hydrogens (tertiary/aromatic N) is 1. The zero-order valence-electron chi connectivity index (χ0n) is 17.3. The lowest BCUT2D eigenvalue weighted by molar-refractivity contribution is -0.138. The van der Waals surface area contributed by atoms with Gasteiger partial charge in [-0.1, -0.05) is 23.2 Å². The molecule has 1 amide bonds. The second kappa shape index (κ2) is 9.87. The molecule has 3 rings (SSSR count). The number of ketones is 1. The molecular formula is C21H24Cl2FN3O4. The van der Waals surface area contributed by atoms with Crippen molar-refractivity contribution in [1.82, 2.24) is 10.6 Å². The lowest BCUT2D eigenvalue weighted by Gasteiger charge is -2.22. The second-order valence-electron chi connectivity index (χ2n) is 7.56. The topological polar surface area (TPSA) is 87.7 Å². The molecule has 0 radical (unpaired) electrons. The van der Waals surface area contributed by atoms with Crippen molar-refractivity contribution in [3.63, 3.8) is 0 Å². The van der Waals surface area contributed by atoms with E-state index < -0.39 is 17.6 Å².